The zero-order valence-corrected chi connectivity index (χ0v) is 18.2. The van der Waals surface area contributed by atoms with Crippen molar-refractivity contribution in [2.45, 2.75) is 13.0 Å². The molecule has 0 aliphatic carbocycles. The fourth-order valence-electron chi connectivity index (χ4n) is 3.72. The van der Waals surface area contributed by atoms with Crippen LogP contribution in [0.1, 0.15) is 23.4 Å². The fourth-order valence-corrected chi connectivity index (χ4v) is 4.54. The monoisotopic (exact) mass is 453 g/mol. The lowest BCUT2D eigenvalue weighted by atomic mass is 9.99. The van der Waals surface area contributed by atoms with E-state index in [1.807, 2.05) is 12.3 Å². The lowest BCUT2D eigenvalue weighted by Crippen LogP contribution is -2.29. The highest BCUT2D eigenvalue weighted by Crippen LogP contribution is 2.45. The Labute approximate surface area is 188 Å². The van der Waals surface area contributed by atoms with Gasteiger partial charge in [0.05, 0.1) is 24.9 Å². The molecule has 3 aromatic rings. The van der Waals surface area contributed by atoms with E-state index in [-0.39, 0.29) is 16.9 Å². The van der Waals surface area contributed by atoms with Crippen LogP contribution in [0.4, 0.5) is 10.1 Å². The molecule has 1 aromatic heterocycles. The van der Waals surface area contributed by atoms with E-state index in [1.165, 1.54) is 35.5 Å². The van der Waals surface area contributed by atoms with Gasteiger partial charge in [0, 0.05) is 16.6 Å². The van der Waals surface area contributed by atoms with Crippen molar-refractivity contribution in [2.24, 2.45) is 0 Å². The molecule has 4 rings (SSSR count). The van der Waals surface area contributed by atoms with E-state index < -0.39 is 29.3 Å². The van der Waals surface area contributed by atoms with E-state index in [0.29, 0.717) is 22.9 Å². The van der Waals surface area contributed by atoms with Crippen molar-refractivity contribution in [1.29, 1.82) is 0 Å². The predicted octanol–water partition coefficient (Wildman–Crippen LogP) is 4.92. The molecule has 2 heterocycles. The average molecular weight is 453 g/mol. The summed E-state index contributed by atoms with van der Waals surface area (Å²) in [5.41, 5.74) is 0.306. The molecular formula is C24H20FNO5S. The molecule has 1 saturated heterocycles. The summed E-state index contributed by atoms with van der Waals surface area (Å²) in [5.74, 6) is -2.05. The van der Waals surface area contributed by atoms with Gasteiger partial charge in [-0.1, -0.05) is 12.1 Å². The number of hydrogen-bond acceptors (Lipinski definition) is 6. The van der Waals surface area contributed by atoms with E-state index in [1.54, 1.807) is 36.4 Å². The van der Waals surface area contributed by atoms with E-state index in [2.05, 4.69) is 0 Å². The van der Waals surface area contributed by atoms with Crippen LogP contribution >= 0.6 is 11.3 Å². The van der Waals surface area contributed by atoms with Crippen molar-refractivity contribution in [3.05, 3.63) is 81.8 Å². The van der Waals surface area contributed by atoms with Crippen LogP contribution in [0.25, 0.3) is 5.76 Å². The SMILES string of the molecule is CCOc1cccc(N2C(=O)C(=O)/C(=C(\O)c3cc(F)ccc3OC)C2c2cccs2)c1. The Balaban J connectivity index is 1.93. The second kappa shape index (κ2) is 8.84. The van der Waals surface area contributed by atoms with Crippen LogP contribution in [0.5, 0.6) is 11.5 Å². The van der Waals surface area contributed by atoms with E-state index >= 15 is 0 Å². The summed E-state index contributed by atoms with van der Waals surface area (Å²) in [6.45, 7) is 2.28. The Morgan fingerprint density at radius 3 is 2.66 bits per heavy atom. The van der Waals surface area contributed by atoms with Gasteiger partial charge in [-0.25, -0.2) is 4.39 Å². The Hall–Kier alpha value is -3.65. The van der Waals surface area contributed by atoms with Crippen molar-refractivity contribution in [3.63, 3.8) is 0 Å². The number of carbonyl (C=O) groups is 2. The summed E-state index contributed by atoms with van der Waals surface area (Å²) in [6, 6.07) is 13.1. The number of methoxy groups -OCH3 is 1. The fraction of sp³-hybridized carbons (Fsp3) is 0.167. The molecular weight excluding hydrogens is 433 g/mol. The standard InChI is InChI=1S/C24H20FNO5S/c1-3-31-16-7-4-6-15(13-16)26-21(19-8-5-11-32-19)20(23(28)24(26)29)22(27)17-12-14(25)9-10-18(17)30-2/h4-13,21,27H,3H2,1-2H3/b22-20-. The molecule has 6 nitrogen and oxygen atoms in total. The number of rotatable bonds is 6. The zero-order chi connectivity index (χ0) is 22.8. The summed E-state index contributed by atoms with van der Waals surface area (Å²) < 4.78 is 24.8. The number of halogens is 1. The number of aliphatic hydroxyl groups excluding tert-OH is 1. The lowest BCUT2D eigenvalue weighted by molar-refractivity contribution is -0.132. The van der Waals surface area contributed by atoms with Crippen molar-refractivity contribution in [3.8, 4) is 11.5 Å². The second-order valence-electron chi connectivity index (χ2n) is 6.96. The maximum absolute atomic E-state index is 14.0. The molecule has 2 aromatic carbocycles. The number of aliphatic hydroxyl groups is 1. The van der Waals surface area contributed by atoms with Crippen LogP contribution in [-0.2, 0) is 9.59 Å². The van der Waals surface area contributed by atoms with E-state index in [4.69, 9.17) is 9.47 Å². The third-order valence-corrected chi connectivity index (χ3v) is 6.01. The van der Waals surface area contributed by atoms with Gasteiger partial charge in [-0.3, -0.25) is 14.5 Å². The molecule has 8 heteroatoms. The molecule has 32 heavy (non-hydrogen) atoms. The minimum Gasteiger partial charge on any atom is -0.507 e. The van der Waals surface area contributed by atoms with Gasteiger partial charge in [0.25, 0.3) is 11.7 Å². The highest BCUT2D eigenvalue weighted by Gasteiger charge is 2.47. The molecule has 164 valence electrons. The van der Waals surface area contributed by atoms with Crippen LogP contribution in [0, 0.1) is 5.82 Å². The molecule has 1 unspecified atom stereocenters. The Morgan fingerprint density at radius 2 is 1.97 bits per heavy atom. The van der Waals surface area contributed by atoms with Gasteiger partial charge in [0.2, 0.25) is 0 Å². The number of anilines is 1. The molecule has 0 saturated carbocycles. The molecule has 1 atom stereocenters. The molecule has 0 bridgehead atoms. The van der Waals surface area contributed by atoms with Crippen molar-refractivity contribution < 1.29 is 28.6 Å². The van der Waals surface area contributed by atoms with Crippen molar-refractivity contribution >= 4 is 34.5 Å². The summed E-state index contributed by atoms with van der Waals surface area (Å²) in [4.78, 5) is 28.3. The average Bonchev–Trinajstić information content (AvgIpc) is 3.41. The van der Waals surface area contributed by atoms with E-state index in [0.717, 1.165) is 6.07 Å². The third kappa shape index (κ3) is 3.73. The zero-order valence-electron chi connectivity index (χ0n) is 17.4. The third-order valence-electron chi connectivity index (χ3n) is 5.08. The number of amides is 1. The molecule has 0 spiro atoms. The van der Waals surface area contributed by atoms with Gasteiger partial charge in [0.15, 0.2) is 0 Å². The van der Waals surface area contributed by atoms with Crippen LogP contribution in [-0.4, -0.2) is 30.5 Å². The largest absolute Gasteiger partial charge is 0.507 e. The smallest absolute Gasteiger partial charge is 0.300 e. The normalized spacial score (nSPS) is 17.6. The van der Waals surface area contributed by atoms with Gasteiger partial charge >= 0.3 is 0 Å². The van der Waals surface area contributed by atoms with Gasteiger partial charge in [-0.15, -0.1) is 11.3 Å². The van der Waals surface area contributed by atoms with Crippen LogP contribution in [0.2, 0.25) is 0 Å². The summed E-state index contributed by atoms with van der Waals surface area (Å²) in [5, 5.41) is 12.9. The first kappa shape index (κ1) is 21.6. The van der Waals surface area contributed by atoms with Crippen LogP contribution in [0.15, 0.2) is 65.6 Å². The van der Waals surface area contributed by atoms with Gasteiger partial charge < -0.3 is 14.6 Å². The number of hydrogen-bond donors (Lipinski definition) is 1. The minimum atomic E-state index is -0.889. The molecule has 1 aliphatic rings. The van der Waals surface area contributed by atoms with Gasteiger partial charge in [0.1, 0.15) is 29.1 Å². The highest BCUT2D eigenvalue weighted by molar-refractivity contribution is 7.10. The summed E-state index contributed by atoms with van der Waals surface area (Å²) in [6.07, 6.45) is 0. The number of carbonyl (C=O) groups excluding carboxylic acids is 2. The molecule has 1 aliphatic heterocycles. The maximum Gasteiger partial charge on any atom is 0.300 e. The summed E-state index contributed by atoms with van der Waals surface area (Å²) >= 11 is 1.34. The van der Waals surface area contributed by atoms with Crippen molar-refractivity contribution in [2.75, 3.05) is 18.6 Å². The Kier molecular flexibility index (Phi) is 5.96. The first-order valence-corrected chi connectivity index (χ1v) is 10.8. The summed E-state index contributed by atoms with van der Waals surface area (Å²) in [7, 11) is 1.37. The van der Waals surface area contributed by atoms with Crippen molar-refractivity contribution in [1.82, 2.24) is 0 Å². The quantitative estimate of drug-likeness (QED) is 0.326. The predicted molar refractivity (Wildman–Crippen MR) is 120 cm³/mol. The Morgan fingerprint density at radius 1 is 1.16 bits per heavy atom. The Bertz CT molecular complexity index is 1200. The first-order chi connectivity index (χ1) is 15.5. The van der Waals surface area contributed by atoms with Crippen LogP contribution < -0.4 is 14.4 Å². The maximum atomic E-state index is 14.0. The minimum absolute atomic E-state index is 0.00452. The molecule has 0 radical (unpaired) electrons. The molecule has 1 amide bonds. The van der Waals surface area contributed by atoms with Crippen LogP contribution in [0.3, 0.4) is 0 Å². The van der Waals surface area contributed by atoms with Gasteiger partial charge in [-0.05, 0) is 48.7 Å². The number of ether oxygens (including phenoxy) is 2. The molecule has 1 N–H and O–H groups in total. The van der Waals surface area contributed by atoms with E-state index in [9.17, 15) is 19.1 Å². The van der Waals surface area contributed by atoms with Gasteiger partial charge in [-0.2, -0.15) is 0 Å². The lowest BCUT2D eigenvalue weighted by Gasteiger charge is -2.24. The number of ketones is 1. The number of nitrogens with zero attached hydrogens (tertiary/aromatic N) is 1. The number of Topliss-reactive ketones (excluding diaryl/α,β-unsaturated/α-hetero) is 1. The number of thiophene rings is 1. The molecule has 1 fully saturated rings. The first-order valence-electron chi connectivity index (χ1n) is 9.87. The second-order valence-corrected chi connectivity index (χ2v) is 7.94. The highest BCUT2D eigenvalue weighted by atomic mass is 32.1. The number of benzene rings is 2. The topological polar surface area (TPSA) is 76.1 Å².